The Morgan fingerprint density at radius 3 is 2.54 bits per heavy atom. The zero-order valence-corrected chi connectivity index (χ0v) is 8.63. The van der Waals surface area contributed by atoms with Crippen molar-refractivity contribution in [2.75, 3.05) is 5.75 Å². The molecule has 4 nitrogen and oxygen atoms in total. The van der Waals surface area contributed by atoms with Gasteiger partial charge in [-0.3, -0.25) is 0 Å². The molecule has 0 aliphatic rings. The first-order valence-corrected chi connectivity index (χ1v) is 5.57. The predicted octanol–water partition coefficient (Wildman–Crippen LogP) is 1.09. The summed E-state index contributed by atoms with van der Waals surface area (Å²) in [6, 6.07) is 0. The highest BCUT2D eigenvalue weighted by Crippen LogP contribution is 2.07. The van der Waals surface area contributed by atoms with Gasteiger partial charge < -0.3 is 4.18 Å². The fourth-order valence-electron chi connectivity index (χ4n) is 0.659. The minimum absolute atomic E-state index is 0.0115. The lowest BCUT2D eigenvalue weighted by molar-refractivity contribution is -0.128. The van der Waals surface area contributed by atoms with Gasteiger partial charge >= 0.3 is 16.1 Å². The molecule has 76 valence electrons. The van der Waals surface area contributed by atoms with Gasteiger partial charge in [0.05, 0.1) is 5.75 Å². The first kappa shape index (κ1) is 12.2. The minimum atomic E-state index is -3.73. The van der Waals surface area contributed by atoms with Crippen molar-refractivity contribution in [3.8, 4) is 0 Å². The van der Waals surface area contributed by atoms with E-state index in [4.69, 9.17) is 0 Å². The smallest absolute Gasteiger partial charge is 0.342 e. The van der Waals surface area contributed by atoms with Gasteiger partial charge in [0.25, 0.3) is 0 Å². The van der Waals surface area contributed by atoms with Crippen LogP contribution in [0.5, 0.6) is 0 Å². The van der Waals surface area contributed by atoms with E-state index < -0.39 is 16.1 Å². The first-order valence-electron chi connectivity index (χ1n) is 3.99. The number of hydrogen-bond acceptors (Lipinski definition) is 4. The lowest BCUT2D eigenvalue weighted by Gasteiger charge is -2.07. The van der Waals surface area contributed by atoms with E-state index in [1.807, 2.05) is 6.92 Å². The van der Waals surface area contributed by atoms with Gasteiger partial charge in [-0.1, -0.05) is 26.8 Å². The molecule has 0 aromatic rings. The molecule has 0 amide bonds. The molecule has 0 spiro atoms. The van der Waals surface area contributed by atoms with Crippen molar-refractivity contribution in [3.63, 3.8) is 0 Å². The van der Waals surface area contributed by atoms with Crippen LogP contribution in [-0.4, -0.2) is 20.1 Å². The highest BCUT2D eigenvalue weighted by Gasteiger charge is 2.18. The summed E-state index contributed by atoms with van der Waals surface area (Å²) in [4.78, 5) is 10.6. The van der Waals surface area contributed by atoms with Crippen LogP contribution in [0.3, 0.4) is 0 Å². The third-order valence-electron chi connectivity index (χ3n) is 1.56. The van der Waals surface area contributed by atoms with Crippen molar-refractivity contribution in [3.05, 3.63) is 12.7 Å². The van der Waals surface area contributed by atoms with Crippen molar-refractivity contribution in [2.45, 2.75) is 20.3 Å². The summed E-state index contributed by atoms with van der Waals surface area (Å²) in [7, 11) is -3.73. The Morgan fingerprint density at radius 2 is 2.15 bits per heavy atom. The number of hydrogen-bond donors (Lipinski definition) is 0. The van der Waals surface area contributed by atoms with Crippen LogP contribution < -0.4 is 0 Å². The average molecular weight is 206 g/mol. The van der Waals surface area contributed by atoms with Crippen molar-refractivity contribution < 1.29 is 17.4 Å². The number of carbonyl (C=O) groups excluding carboxylic acids is 1. The largest absolute Gasteiger partial charge is 0.345 e. The van der Waals surface area contributed by atoms with Gasteiger partial charge in [-0.15, -0.1) is 0 Å². The van der Waals surface area contributed by atoms with E-state index in [-0.39, 0.29) is 11.7 Å². The summed E-state index contributed by atoms with van der Waals surface area (Å²) >= 11 is 0. The third kappa shape index (κ3) is 5.41. The fourth-order valence-corrected chi connectivity index (χ4v) is 1.98. The molecule has 0 bridgehead atoms. The van der Waals surface area contributed by atoms with Crippen molar-refractivity contribution in [1.82, 2.24) is 0 Å². The average Bonchev–Trinajstić information content (AvgIpc) is 2.02. The van der Waals surface area contributed by atoms with E-state index in [2.05, 4.69) is 10.8 Å². The summed E-state index contributed by atoms with van der Waals surface area (Å²) in [6.07, 6.45) is 1.55. The molecule has 0 radical (unpaired) electrons. The number of rotatable bonds is 5. The molecule has 0 aliphatic carbocycles. The van der Waals surface area contributed by atoms with E-state index in [0.717, 1.165) is 12.5 Å². The Labute approximate surface area is 78.7 Å². The van der Waals surface area contributed by atoms with Gasteiger partial charge in [0.1, 0.15) is 0 Å². The minimum Gasteiger partial charge on any atom is -0.342 e. The molecule has 5 heteroatoms. The molecule has 0 aromatic heterocycles. The Bertz CT molecular complexity index is 279. The molecule has 0 heterocycles. The van der Waals surface area contributed by atoms with Crippen LogP contribution in [0.1, 0.15) is 20.3 Å². The molecule has 0 N–H and O–H groups in total. The summed E-state index contributed by atoms with van der Waals surface area (Å²) in [5.41, 5.74) is 0. The maximum absolute atomic E-state index is 11.1. The molecule has 0 saturated heterocycles. The van der Waals surface area contributed by atoms with Gasteiger partial charge in [0.15, 0.2) is 0 Å². The van der Waals surface area contributed by atoms with Gasteiger partial charge in [0.2, 0.25) is 0 Å². The second-order valence-corrected chi connectivity index (χ2v) is 4.46. The highest BCUT2D eigenvalue weighted by molar-refractivity contribution is 7.87. The van der Waals surface area contributed by atoms with Crippen LogP contribution in [0.2, 0.25) is 0 Å². The van der Waals surface area contributed by atoms with Crippen molar-refractivity contribution >= 4 is 16.1 Å². The first-order chi connectivity index (χ1) is 5.91. The quantitative estimate of drug-likeness (QED) is 0.499. The molecule has 1 unspecified atom stereocenters. The Morgan fingerprint density at radius 1 is 1.62 bits per heavy atom. The second kappa shape index (κ2) is 5.01. The van der Waals surface area contributed by atoms with Crippen molar-refractivity contribution in [2.24, 2.45) is 5.92 Å². The number of carbonyl (C=O) groups is 1. The summed E-state index contributed by atoms with van der Waals surface area (Å²) in [5, 5.41) is 0. The van der Waals surface area contributed by atoms with Gasteiger partial charge in [0, 0.05) is 6.08 Å². The molecular weight excluding hydrogens is 192 g/mol. The van der Waals surface area contributed by atoms with Gasteiger partial charge in [-0.2, -0.15) is 8.42 Å². The Hall–Kier alpha value is -0.840. The van der Waals surface area contributed by atoms with E-state index in [9.17, 15) is 13.2 Å². The van der Waals surface area contributed by atoms with E-state index in [1.54, 1.807) is 6.92 Å². The van der Waals surface area contributed by atoms with Gasteiger partial charge in [-0.25, -0.2) is 4.79 Å². The molecule has 0 aliphatic heterocycles. The zero-order valence-electron chi connectivity index (χ0n) is 7.82. The molecular formula is C8H14O4S. The Kier molecular flexibility index (Phi) is 4.69. The van der Waals surface area contributed by atoms with Crippen LogP contribution >= 0.6 is 0 Å². The fraction of sp³-hybridized carbons (Fsp3) is 0.625. The predicted molar refractivity (Wildman–Crippen MR) is 49.5 cm³/mol. The van der Waals surface area contributed by atoms with Crippen LogP contribution in [0.4, 0.5) is 0 Å². The molecule has 0 saturated carbocycles. The SMILES string of the molecule is C=CC(=O)OS(=O)(=O)CC(C)CC. The molecule has 0 fully saturated rings. The lowest BCUT2D eigenvalue weighted by Crippen LogP contribution is -2.18. The molecule has 0 aromatic carbocycles. The van der Waals surface area contributed by atoms with Crippen LogP contribution in [0.15, 0.2) is 12.7 Å². The third-order valence-corrected chi connectivity index (χ3v) is 2.96. The Balaban J connectivity index is 4.25. The second-order valence-electron chi connectivity index (χ2n) is 2.84. The monoisotopic (exact) mass is 206 g/mol. The molecule has 13 heavy (non-hydrogen) atoms. The maximum atomic E-state index is 11.1. The van der Waals surface area contributed by atoms with Gasteiger partial charge in [-0.05, 0) is 5.92 Å². The maximum Gasteiger partial charge on any atom is 0.345 e. The van der Waals surface area contributed by atoms with Crippen LogP contribution in [0, 0.1) is 5.92 Å². The standard InChI is InChI=1S/C8H14O4S/c1-4-7(3)6-13(10,11)12-8(9)5-2/h5,7H,2,4,6H2,1,3H3. The topological polar surface area (TPSA) is 60.4 Å². The zero-order chi connectivity index (χ0) is 10.5. The molecule has 0 rings (SSSR count). The van der Waals surface area contributed by atoms with E-state index >= 15 is 0 Å². The van der Waals surface area contributed by atoms with Crippen LogP contribution in [0.25, 0.3) is 0 Å². The van der Waals surface area contributed by atoms with Crippen molar-refractivity contribution in [1.29, 1.82) is 0 Å². The van der Waals surface area contributed by atoms with E-state index in [0.29, 0.717) is 0 Å². The summed E-state index contributed by atoms with van der Waals surface area (Å²) < 4.78 is 26.3. The normalized spacial score (nSPS) is 13.4. The summed E-state index contributed by atoms with van der Waals surface area (Å²) in [6.45, 7) is 6.75. The highest BCUT2D eigenvalue weighted by atomic mass is 32.2. The van der Waals surface area contributed by atoms with E-state index in [1.165, 1.54) is 0 Å². The van der Waals surface area contributed by atoms with Crippen LogP contribution in [-0.2, 0) is 19.1 Å². The molecule has 1 atom stereocenters. The summed E-state index contributed by atoms with van der Waals surface area (Å²) in [5.74, 6) is -1.07. The lowest BCUT2D eigenvalue weighted by atomic mass is 10.2.